The Balaban J connectivity index is 1.85. The third kappa shape index (κ3) is 2.58. The van der Waals surface area contributed by atoms with Crippen molar-refractivity contribution in [1.82, 2.24) is 4.31 Å². The summed E-state index contributed by atoms with van der Waals surface area (Å²) in [6.45, 7) is 2.55. The highest BCUT2D eigenvalue weighted by molar-refractivity contribution is 7.89. The molecule has 5 nitrogen and oxygen atoms in total. The van der Waals surface area contributed by atoms with Crippen LogP contribution in [0.15, 0.2) is 24.3 Å². The smallest absolute Gasteiger partial charge is 0.214 e. The molecule has 1 atom stereocenters. The van der Waals surface area contributed by atoms with E-state index >= 15 is 0 Å². The van der Waals surface area contributed by atoms with Crippen LogP contribution in [-0.2, 0) is 10.0 Å². The lowest BCUT2D eigenvalue weighted by Gasteiger charge is -2.34. The SMILES string of the molecule is CCCS(=O)(=O)N1CCC2(CC(=O)c3ccccc3O2)C1. The maximum atomic E-state index is 12.3. The molecule has 21 heavy (non-hydrogen) atoms. The standard InChI is InChI=1S/C15H19NO4S/c1-2-9-21(18,19)16-8-7-15(11-16)10-13(17)12-5-3-4-6-14(12)20-15/h3-6H,2,7-11H2,1H3. The molecule has 6 heteroatoms. The van der Waals surface area contributed by atoms with E-state index in [1.54, 1.807) is 12.1 Å². The van der Waals surface area contributed by atoms with E-state index in [1.165, 1.54) is 4.31 Å². The second kappa shape index (κ2) is 5.10. The van der Waals surface area contributed by atoms with Crippen molar-refractivity contribution >= 4 is 15.8 Å². The summed E-state index contributed by atoms with van der Waals surface area (Å²) in [4.78, 5) is 12.3. The molecule has 1 unspecified atom stereocenters. The predicted molar refractivity (Wildman–Crippen MR) is 79.0 cm³/mol. The van der Waals surface area contributed by atoms with Crippen LogP contribution in [0.3, 0.4) is 0 Å². The zero-order valence-electron chi connectivity index (χ0n) is 12.0. The summed E-state index contributed by atoms with van der Waals surface area (Å²) in [5, 5.41) is 0. The van der Waals surface area contributed by atoms with Gasteiger partial charge in [0.2, 0.25) is 10.0 Å². The molecule has 2 heterocycles. The number of Topliss-reactive ketones (excluding diaryl/α,β-unsaturated/α-hetero) is 1. The summed E-state index contributed by atoms with van der Waals surface area (Å²) in [6.07, 6.45) is 1.41. The molecule has 0 aliphatic carbocycles. The van der Waals surface area contributed by atoms with E-state index in [0.717, 1.165) is 0 Å². The van der Waals surface area contributed by atoms with Crippen molar-refractivity contribution in [3.05, 3.63) is 29.8 Å². The van der Waals surface area contributed by atoms with E-state index in [9.17, 15) is 13.2 Å². The van der Waals surface area contributed by atoms with Gasteiger partial charge in [-0.1, -0.05) is 19.1 Å². The summed E-state index contributed by atoms with van der Waals surface area (Å²) in [5.74, 6) is 0.753. The summed E-state index contributed by atoms with van der Waals surface area (Å²) >= 11 is 0. The zero-order valence-corrected chi connectivity index (χ0v) is 12.9. The van der Waals surface area contributed by atoms with Gasteiger partial charge in [-0.05, 0) is 18.6 Å². The first-order valence-electron chi connectivity index (χ1n) is 7.25. The van der Waals surface area contributed by atoms with Gasteiger partial charge in [-0.25, -0.2) is 8.42 Å². The Labute approximate surface area is 124 Å². The quantitative estimate of drug-likeness (QED) is 0.854. The van der Waals surface area contributed by atoms with Gasteiger partial charge in [0.1, 0.15) is 11.4 Å². The van der Waals surface area contributed by atoms with Gasteiger partial charge in [-0.3, -0.25) is 4.79 Å². The maximum Gasteiger partial charge on any atom is 0.214 e. The molecule has 2 aliphatic heterocycles. The van der Waals surface area contributed by atoms with Gasteiger partial charge in [-0.2, -0.15) is 4.31 Å². The highest BCUT2D eigenvalue weighted by Gasteiger charge is 2.48. The minimum atomic E-state index is -3.24. The fourth-order valence-corrected chi connectivity index (χ4v) is 4.68. The van der Waals surface area contributed by atoms with Crippen molar-refractivity contribution in [2.45, 2.75) is 31.8 Å². The molecule has 114 valence electrons. The Kier molecular flexibility index (Phi) is 3.53. The van der Waals surface area contributed by atoms with Crippen LogP contribution in [0.5, 0.6) is 5.75 Å². The number of ketones is 1. The number of sulfonamides is 1. The molecule has 0 radical (unpaired) electrons. The fourth-order valence-electron chi connectivity index (χ4n) is 3.10. The van der Waals surface area contributed by atoms with Crippen LogP contribution < -0.4 is 4.74 Å². The summed E-state index contributed by atoms with van der Waals surface area (Å²) in [5.41, 5.74) is -0.0929. The third-order valence-electron chi connectivity index (χ3n) is 4.13. The molecule has 0 bridgehead atoms. The molecule has 0 N–H and O–H groups in total. The Hall–Kier alpha value is -1.40. The van der Waals surface area contributed by atoms with Crippen molar-refractivity contribution in [3.8, 4) is 5.75 Å². The monoisotopic (exact) mass is 309 g/mol. The van der Waals surface area contributed by atoms with E-state index in [1.807, 2.05) is 19.1 Å². The van der Waals surface area contributed by atoms with Crippen molar-refractivity contribution in [3.63, 3.8) is 0 Å². The Bertz CT molecular complexity index is 670. The van der Waals surface area contributed by atoms with Gasteiger partial charge in [0.05, 0.1) is 24.3 Å². The van der Waals surface area contributed by atoms with Gasteiger partial charge < -0.3 is 4.74 Å². The number of ether oxygens (including phenoxy) is 1. The van der Waals surface area contributed by atoms with Gasteiger partial charge in [0.15, 0.2) is 5.78 Å². The van der Waals surface area contributed by atoms with Crippen LogP contribution in [-0.4, -0.2) is 42.9 Å². The normalized spacial score (nSPS) is 25.9. The topological polar surface area (TPSA) is 63.7 Å². The number of carbonyl (C=O) groups excluding carboxylic acids is 1. The fraction of sp³-hybridized carbons (Fsp3) is 0.533. The molecule has 0 amide bonds. The molecule has 1 saturated heterocycles. The number of para-hydroxylation sites is 1. The van der Waals surface area contributed by atoms with Gasteiger partial charge in [-0.15, -0.1) is 0 Å². The second-order valence-corrected chi connectivity index (χ2v) is 7.87. The highest BCUT2D eigenvalue weighted by atomic mass is 32.2. The average molecular weight is 309 g/mol. The first-order chi connectivity index (χ1) is 9.96. The highest BCUT2D eigenvalue weighted by Crippen LogP contribution is 2.39. The lowest BCUT2D eigenvalue weighted by molar-refractivity contribution is 0.0498. The molecule has 1 aromatic carbocycles. The molecular weight excluding hydrogens is 290 g/mol. The van der Waals surface area contributed by atoms with E-state index in [2.05, 4.69) is 0 Å². The predicted octanol–water partition coefficient (Wildman–Crippen LogP) is 1.84. The largest absolute Gasteiger partial charge is 0.485 e. The van der Waals surface area contributed by atoms with Crippen molar-refractivity contribution in [1.29, 1.82) is 0 Å². The van der Waals surface area contributed by atoms with Crippen LogP contribution in [0, 0.1) is 0 Å². The number of rotatable bonds is 3. The van der Waals surface area contributed by atoms with Gasteiger partial charge in [0.25, 0.3) is 0 Å². The first kappa shape index (κ1) is 14.5. The Morgan fingerprint density at radius 3 is 2.86 bits per heavy atom. The van der Waals surface area contributed by atoms with Crippen LogP contribution in [0.4, 0.5) is 0 Å². The number of benzene rings is 1. The van der Waals surface area contributed by atoms with Crippen molar-refractivity contribution in [2.24, 2.45) is 0 Å². The zero-order chi connectivity index (χ0) is 15.1. The molecule has 0 aromatic heterocycles. The molecule has 3 rings (SSSR count). The Morgan fingerprint density at radius 2 is 2.10 bits per heavy atom. The summed E-state index contributed by atoms with van der Waals surface area (Å²) in [7, 11) is -3.24. The van der Waals surface area contributed by atoms with Gasteiger partial charge in [0, 0.05) is 13.0 Å². The van der Waals surface area contributed by atoms with Crippen molar-refractivity contribution < 1.29 is 17.9 Å². The Morgan fingerprint density at radius 1 is 1.33 bits per heavy atom. The van der Waals surface area contributed by atoms with E-state index in [-0.39, 0.29) is 24.5 Å². The minimum absolute atomic E-state index is 0.0339. The van der Waals surface area contributed by atoms with Crippen LogP contribution >= 0.6 is 0 Å². The van der Waals surface area contributed by atoms with Gasteiger partial charge >= 0.3 is 0 Å². The average Bonchev–Trinajstić information content (AvgIpc) is 2.83. The van der Waals surface area contributed by atoms with Crippen LogP contribution in [0.25, 0.3) is 0 Å². The molecule has 0 saturated carbocycles. The van der Waals surface area contributed by atoms with E-state index in [4.69, 9.17) is 4.74 Å². The molecule has 1 spiro atoms. The molecule has 2 aliphatic rings. The van der Waals surface area contributed by atoms with E-state index < -0.39 is 15.6 Å². The maximum absolute atomic E-state index is 12.3. The van der Waals surface area contributed by atoms with E-state index in [0.29, 0.717) is 30.7 Å². The second-order valence-electron chi connectivity index (χ2n) is 5.78. The number of carbonyl (C=O) groups is 1. The summed E-state index contributed by atoms with van der Waals surface area (Å²) in [6, 6.07) is 7.17. The number of hydrogen-bond donors (Lipinski definition) is 0. The third-order valence-corrected chi connectivity index (χ3v) is 6.16. The summed E-state index contributed by atoms with van der Waals surface area (Å²) < 4.78 is 31.8. The van der Waals surface area contributed by atoms with Crippen LogP contribution in [0.2, 0.25) is 0 Å². The lowest BCUT2D eigenvalue weighted by Crippen LogP contribution is -2.45. The first-order valence-corrected chi connectivity index (χ1v) is 8.86. The number of hydrogen-bond acceptors (Lipinski definition) is 4. The van der Waals surface area contributed by atoms with Crippen molar-refractivity contribution in [2.75, 3.05) is 18.8 Å². The minimum Gasteiger partial charge on any atom is -0.485 e. The lowest BCUT2D eigenvalue weighted by atomic mass is 9.89. The number of nitrogens with zero attached hydrogens (tertiary/aromatic N) is 1. The number of fused-ring (bicyclic) bond motifs is 1. The molecule has 1 fully saturated rings. The molecule has 1 aromatic rings. The van der Waals surface area contributed by atoms with Crippen LogP contribution in [0.1, 0.15) is 36.5 Å². The molecular formula is C15H19NO4S.